The quantitative estimate of drug-likeness (QED) is 0.752. The van der Waals surface area contributed by atoms with Crippen LogP contribution in [0.3, 0.4) is 0 Å². The molecular weight excluding hydrogens is 190 g/mol. The van der Waals surface area contributed by atoms with Crippen LogP contribution in [0.5, 0.6) is 0 Å². The summed E-state index contributed by atoms with van der Waals surface area (Å²) in [7, 11) is 0. The molecule has 2 atom stereocenters. The first-order valence-corrected chi connectivity index (χ1v) is 5.96. The van der Waals surface area contributed by atoms with Crippen molar-refractivity contribution >= 4 is 5.97 Å². The van der Waals surface area contributed by atoms with Crippen molar-refractivity contribution in [2.75, 3.05) is 13.1 Å². The molecule has 0 radical (unpaired) electrons. The van der Waals surface area contributed by atoms with Crippen molar-refractivity contribution in [3.8, 4) is 0 Å². The average Bonchev–Trinajstić information content (AvgIpc) is 2.18. The molecule has 0 aromatic heterocycles. The fourth-order valence-electron chi connectivity index (χ4n) is 2.55. The van der Waals surface area contributed by atoms with Crippen LogP contribution in [0.4, 0.5) is 0 Å². The number of carboxylic acids is 1. The van der Waals surface area contributed by atoms with E-state index in [4.69, 9.17) is 0 Å². The van der Waals surface area contributed by atoms with Gasteiger partial charge < -0.3 is 10.4 Å². The summed E-state index contributed by atoms with van der Waals surface area (Å²) in [5.41, 5.74) is -0.512. The van der Waals surface area contributed by atoms with Crippen molar-refractivity contribution in [2.45, 2.75) is 40.0 Å². The van der Waals surface area contributed by atoms with Crippen LogP contribution in [0, 0.1) is 17.3 Å². The van der Waals surface area contributed by atoms with E-state index in [9.17, 15) is 9.90 Å². The van der Waals surface area contributed by atoms with E-state index in [-0.39, 0.29) is 0 Å². The van der Waals surface area contributed by atoms with Crippen LogP contribution in [0.2, 0.25) is 0 Å². The Bertz CT molecular complexity index is 224. The van der Waals surface area contributed by atoms with Crippen molar-refractivity contribution in [1.82, 2.24) is 5.32 Å². The molecule has 0 aromatic carbocycles. The van der Waals surface area contributed by atoms with E-state index in [1.54, 1.807) is 0 Å². The predicted molar refractivity (Wildman–Crippen MR) is 60.8 cm³/mol. The molecule has 3 nitrogen and oxygen atoms in total. The minimum atomic E-state index is -0.623. The lowest BCUT2D eigenvalue weighted by molar-refractivity contribution is -0.152. The maximum absolute atomic E-state index is 11.4. The Hall–Kier alpha value is -0.570. The summed E-state index contributed by atoms with van der Waals surface area (Å²) in [6, 6.07) is 0. The highest BCUT2D eigenvalue weighted by Gasteiger charge is 2.42. The smallest absolute Gasteiger partial charge is 0.310 e. The van der Waals surface area contributed by atoms with Gasteiger partial charge in [-0.25, -0.2) is 0 Å². The second-order valence-corrected chi connectivity index (χ2v) is 5.17. The van der Waals surface area contributed by atoms with Gasteiger partial charge in [-0.05, 0) is 31.2 Å². The van der Waals surface area contributed by atoms with E-state index in [0.717, 1.165) is 25.8 Å². The van der Waals surface area contributed by atoms with E-state index < -0.39 is 11.4 Å². The average molecular weight is 213 g/mol. The first-order valence-electron chi connectivity index (χ1n) is 5.96. The van der Waals surface area contributed by atoms with E-state index >= 15 is 0 Å². The van der Waals surface area contributed by atoms with Crippen molar-refractivity contribution in [1.29, 1.82) is 0 Å². The molecule has 2 unspecified atom stereocenters. The lowest BCUT2D eigenvalue weighted by Crippen LogP contribution is -2.50. The summed E-state index contributed by atoms with van der Waals surface area (Å²) in [6.07, 6.45) is 2.57. The molecule has 1 fully saturated rings. The molecule has 0 bridgehead atoms. The lowest BCUT2D eigenvalue weighted by Gasteiger charge is -2.39. The van der Waals surface area contributed by atoms with Gasteiger partial charge in [-0.2, -0.15) is 0 Å². The van der Waals surface area contributed by atoms with Crippen molar-refractivity contribution in [3.63, 3.8) is 0 Å². The Balaban J connectivity index is 2.75. The van der Waals surface area contributed by atoms with E-state index in [2.05, 4.69) is 26.1 Å². The molecule has 2 N–H and O–H groups in total. The molecule has 15 heavy (non-hydrogen) atoms. The molecule has 1 saturated heterocycles. The number of nitrogens with one attached hydrogen (secondary N) is 1. The van der Waals surface area contributed by atoms with Gasteiger partial charge in [0.15, 0.2) is 0 Å². The molecule has 1 rings (SSSR count). The third-order valence-electron chi connectivity index (χ3n) is 3.65. The normalized spacial score (nSPS) is 31.9. The zero-order valence-electron chi connectivity index (χ0n) is 10.0. The number of piperidine rings is 1. The van der Waals surface area contributed by atoms with Gasteiger partial charge in [0.25, 0.3) is 0 Å². The summed E-state index contributed by atoms with van der Waals surface area (Å²) < 4.78 is 0. The Labute approximate surface area is 92.3 Å². The molecule has 1 heterocycles. The second kappa shape index (κ2) is 4.97. The van der Waals surface area contributed by atoms with Crippen molar-refractivity contribution in [3.05, 3.63) is 0 Å². The van der Waals surface area contributed by atoms with E-state index in [1.807, 2.05) is 0 Å². The zero-order chi connectivity index (χ0) is 11.5. The van der Waals surface area contributed by atoms with Crippen LogP contribution >= 0.6 is 0 Å². The number of aliphatic carboxylic acids is 1. The third-order valence-corrected chi connectivity index (χ3v) is 3.65. The Morgan fingerprint density at radius 1 is 1.60 bits per heavy atom. The fraction of sp³-hybridized carbons (Fsp3) is 0.917. The maximum Gasteiger partial charge on any atom is 0.310 e. The molecule has 0 aromatic rings. The fourth-order valence-corrected chi connectivity index (χ4v) is 2.55. The molecule has 0 saturated carbocycles. The third kappa shape index (κ3) is 2.71. The molecule has 0 amide bonds. The maximum atomic E-state index is 11.4. The molecular formula is C12H23NO2. The largest absolute Gasteiger partial charge is 0.481 e. The van der Waals surface area contributed by atoms with Gasteiger partial charge in [0, 0.05) is 6.54 Å². The van der Waals surface area contributed by atoms with E-state index in [0.29, 0.717) is 18.4 Å². The Kier molecular flexibility index (Phi) is 4.14. The highest BCUT2D eigenvalue weighted by atomic mass is 16.4. The van der Waals surface area contributed by atoms with Crippen LogP contribution in [0.1, 0.15) is 40.0 Å². The number of rotatable bonds is 4. The molecule has 3 heteroatoms. The highest BCUT2D eigenvalue weighted by Crippen LogP contribution is 2.36. The minimum Gasteiger partial charge on any atom is -0.481 e. The SMILES string of the molecule is CCCC1(C(=O)O)CNCC(C(C)C)C1. The first-order chi connectivity index (χ1) is 7.02. The number of carbonyl (C=O) groups is 1. The number of hydrogen-bond donors (Lipinski definition) is 2. The van der Waals surface area contributed by atoms with Crippen LogP contribution < -0.4 is 5.32 Å². The Morgan fingerprint density at radius 2 is 2.27 bits per heavy atom. The van der Waals surface area contributed by atoms with Crippen LogP contribution in [-0.2, 0) is 4.79 Å². The summed E-state index contributed by atoms with van der Waals surface area (Å²) in [4.78, 5) is 11.4. The van der Waals surface area contributed by atoms with Crippen molar-refractivity contribution < 1.29 is 9.90 Å². The number of carboxylic acid groups (broad SMARTS) is 1. The topological polar surface area (TPSA) is 49.3 Å². The molecule has 0 aliphatic carbocycles. The standard InChI is InChI=1S/C12H23NO2/c1-4-5-12(11(14)15)6-10(9(2)3)7-13-8-12/h9-10,13H,4-8H2,1-3H3,(H,14,15). The summed E-state index contributed by atoms with van der Waals surface area (Å²) in [5, 5.41) is 12.7. The van der Waals surface area contributed by atoms with Gasteiger partial charge in [-0.1, -0.05) is 27.2 Å². The van der Waals surface area contributed by atoms with Crippen LogP contribution in [-0.4, -0.2) is 24.2 Å². The molecule has 1 aliphatic rings. The zero-order valence-corrected chi connectivity index (χ0v) is 10.0. The van der Waals surface area contributed by atoms with Gasteiger partial charge in [0.1, 0.15) is 0 Å². The summed E-state index contributed by atoms with van der Waals surface area (Å²) >= 11 is 0. The van der Waals surface area contributed by atoms with Gasteiger partial charge in [-0.15, -0.1) is 0 Å². The molecule has 1 aliphatic heterocycles. The van der Waals surface area contributed by atoms with Crippen LogP contribution in [0.15, 0.2) is 0 Å². The lowest BCUT2D eigenvalue weighted by atomic mass is 9.70. The second-order valence-electron chi connectivity index (χ2n) is 5.17. The monoisotopic (exact) mass is 213 g/mol. The van der Waals surface area contributed by atoms with Gasteiger partial charge in [-0.3, -0.25) is 4.79 Å². The number of hydrogen-bond acceptors (Lipinski definition) is 2. The minimum absolute atomic E-state index is 0.501. The summed E-state index contributed by atoms with van der Waals surface area (Å²) in [6.45, 7) is 8.02. The van der Waals surface area contributed by atoms with Gasteiger partial charge in [0.2, 0.25) is 0 Å². The summed E-state index contributed by atoms with van der Waals surface area (Å²) in [5.74, 6) is 0.442. The molecule has 0 spiro atoms. The molecule has 88 valence electrons. The highest BCUT2D eigenvalue weighted by molar-refractivity contribution is 5.75. The first kappa shape index (κ1) is 12.5. The van der Waals surface area contributed by atoms with Gasteiger partial charge >= 0.3 is 5.97 Å². The van der Waals surface area contributed by atoms with E-state index in [1.165, 1.54) is 0 Å². The van der Waals surface area contributed by atoms with Gasteiger partial charge in [0.05, 0.1) is 5.41 Å². The Morgan fingerprint density at radius 3 is 2.73 bits per heavy atom. The predicted octanol–water partition coefficient (Wildman–Crippen LogP) is 2.12. The van der Waals surface area contributed by atoms with Crippen molar-refractivity contribution in [2.24, 2.45) is 17.3 Å². The van der Waals surface area contributed by atoms with Crippen LogP contribution in [0.25, 0.3) is 0 Å².